The molecule has 296 valence electrons. The van der Waals surface area contributed by atoms with E-state index in [0.29, 0.717) is 0 Å². The van der Waals surface area contributed by atoms with E-state index in [-0.39, 0.29) is 38.8 Å². The van der Waals surface area contributed by atoms with Gasteiger partial charge in [0.25, 0.3) is 40.5 Å². The van der Waals surface area contributed by atoms with Crippen molar-refractivity contribution in [2.45, 2.75) is 66.5 Å². The summed E-state index contributed by atoms with van der Waals surface area (Å²) in [5.74, 6) is -0.970. The van der Waals surface area contributed by atoms with E-state index < -0.39 is 83.5 Å². The first-order valence-corrected chi connectivity index (χ1v) is 22.7. The Morgan fingerprint density at radius 2 is 0.600 bits per heavy atom. The summed E-state index contributed by atoms with van der Waals surface area (Å²) in [6, 6.07) is 22.7. The smallest absolute Gasteiger partial charge is 0.297 e. The molecule has 0 spiro atoms. The van der Waals surface area contributed by atoms with Gasteiger partial charge in [0.15, 0.2) is 5.78 Å². The van der Waals surface area contributed by atoms with Crippen LogP contribution in [0.4, 0.5) is 0 Å². The number of benzene rings is 4. The third-order valence-electron chi connectivity index (χ3n) is 9.47. The molecule has 17 heteroatoms. The molecular weight excluding hydrogens is 793 g/mol. The maximum Gasteiger partial charge on any atom is 0.297 e. The number of carbonyl (C=O) groups excluding carboxylic acids is 1. The molecule has 1 aliphatic carbocycles. The van der Waals surface area contributed by atoms with Crippen molar-refractivity contribution in [3.05, 3.63) is 119 Å². The van der Waals surface area contributed by atoms with Crippen LogP contribution in [0, 0.1) is 38.5 Å². The standard InChI is InChI=1S/C38H42O13S4/c1-28-6-14-32(15-7-28)52(40,41)48-24-37(25-49-53(42,43)33-16-8-29(2)9-17-33)22-5-23-38(36(37)39,26-50-54(44,45)34-18-10-30(3)11-19-34)27-51-55(46,47)35-20-12-31(4)13-21-35/h6-21H,5,22-27H2,1-4H3. The molecule has 13 nitrogen and oxygen atoms in total. The van der Waals surface area contributed by atoms with Crippen molar-refractivity contribution >= 4 is 46.3 Å². The Morgan fingerprint density at radius 3 is 0.800 bits per heavy atom. The molecule has 55 heavy (non-hydrogen) atoms. The highest BCUT2D eigenvalue weighted by Gasteiger charge is 2.56. The van der Waals surface area contributed by atoms with Crippen molar-refractivity contribution < 1.29 is 55.2 Å². The molecule has 0 N–H and O–H groups in total. The van der Waals surface area contributed by atoms with Crippen LogP contribution in [0.25, 0.3) is 0 Å². The van der Waals surface area contributed by atoms with Gasteiger partial charge in [-0.25, -0.2) is 0 Å². The molecule has 0 aromatic heterocycles. The number of ketones is 1. The molecule has 0 saturated heterocycles. The highest BCUT2D eigenvalue weighted by Crippen LogP contribution is 2.46. The first-order chi connectivity index (χ1) is 25.7. The fourth-order valence-corrected chi connectivity index (χ4v) is 9.99. The van der Waals surface area contributed by atoms with E-state index in [1.165, 1.54) is 97.1 Å². The van der Waals surface area contributed by atoms with Crippen molar-refractivity contribution in [1.29, 1.82) is 0 Å². The SMILES string of the molecule is Cc1ccc(S(=O)(=O)OCC2(COS(=O)(=O)c3ccc(C)cc3)CCCC(COS(=O)(=O)c3ccc(C)cc3)(COS(=O)(=O)c3ccc(C)cc3)C2=O)cc1. The number of hydrogen-bond donors (Lipinski definition) is 0. The molecule has 4 aromatic carbocycles. The summed E-state index contributed by atoms with van der Waals surface area (Å²) in [6.07, 6.45) is -0.346. The molecule has 4 aromatic rings. The van der Waals surface area contributed by atoms with Crippen LogP contribution < -0.4 is 0 Å². The molecule has 0 aliphatic heterocycles. The van der Waals surface area contributed by atoms with Gasteiger partial charge in [-0.1, -0.05) is 77.2 Å². The molecule has 5 rings (SSSR count). The molecule has 0 unspecified atom stereocenters. The van der Waals surface area contributed by atoms with E-state index in [1.54, 1.807) is 27.7 Å². The summed E-state index contributed by atoms with van der Waals surface area (Å²) in [6.45, 7) is 3.23. The van der Waals surface area contributed by atoms with Gasteiger partial charge in [-0.05, 0) is 89.1 Å². The van der Waals surface area contributed by atoms with Crippen LogP contribution >= 0.6 is 0 Å². The fraction of sp³-hybridized carbons (Fsp3) is 0.342. The third kappa shape index (κ3) is 9.96. The van der Waals surface area contributed by atoms with E-state index in [1.807, 2.05) is 0 Å². The second-order valence-corrected chi connectivity index (χ2v) is 20.3. The molecule has 0 heterocycles. The Balaban J connectivity index is 1.56. The van der Waals surface area contributed by atoms with E-state index in [4.69, 9.17) is 16.7 Å². The molecule has 0 bridgehead atoms. The lowest BCUT2D eigenvalue weighted by atomic mass is 9.62. The lowest BCUT2D eigenvalue weighted by Crippen LogP contribution is -2.56. The van der Waals surface area contributed by atoms with Gasteiger partial charge in [-0.2, -0.15) is 33.7 Å². The summed E-state index contributed by atoms with van der Waals surface area (Å²) in [5.41, 5.74) is -1.14. The second-order valence-electron chi connectivity index (χ2n) is 13.9. The van der Waals surface area contributed by atoms with Gasteiger partial charge in [0.05, 0.1) is 56.8 Å². The number of hydrogen-bond acceptors (Lipinski definition) is 13. The summed E-state index contributed by atoms with van der Waals surface area (Å²) in [7, 11) is -18.2. The molecule has 1 fully saturated rings. The molecule has 1 saturated carbocycles. The van der Waals surface area contributed by atoms with Crippen molar-refractivity contribution in [3.8, 4) is 0 Å². The van der Waals surface area contributed by atoms with Gasteiger partial charge in [0, 0.05) is 0 Å². The quantitative estimate of drug-likeness (QED) is 0.128. The predicted molar refractivity (Wildman–Crippen MR) is 201 cm³/mol. The lowest BCUT2D eigenvalue weighted by Gasteiger charge is -2.45. The van der Waals surface area contributed by atoms with E-state index in [2.05, 4.69) is 0 Å². The fourth-order valence-electron chi connectivity index (χ4n) is 6.04. The van der Waals surface area contributed by atoms with E-state index >= 15 is 4.79 Å². The average Bonchev–Trinajstić information content (AvgIpc) is 3.14. The highest BCUT2D eigenvalue weighted by molar-refractivity contribution is 7.87. The summed E-state index contributed by atoms with van der Waals surface area (Å²) in [5, 5.41) is 0. The zero-order valence-corrected chi connectivity index (χ0v) is 33.9. The van der Waals surface area contributed by atoms with Crippen LogP contribution in [0.5, 0.6) is 0 Å². The van der Waals surface area contributed by atoms with Gasteiger partial charge in [0.2, 0.25) is 0 Å². The predicted octanol–water partition coefficient (Wildman–Crippen LogP) is 5.57. The molecule has 0 radical (unpaired) electrons. The average molecular weight is 835 g/mol. The van der Waals surface area contributed by atoms with Crippen LogP contribution in [0.3, 0.4) is 0 Å². The van der Waals surface area contributed by atoms with Gasteiger partial charge in [0.1, 0.15) is 0 Å². The highest BCUT2D eigenvalue weighted by atomic mass is 32.2. The van der Waals surface area contributed by atoms with Crippen LogP contribution in [0.2, 0.25) is 0 Å². The first kappa shape index (κ1) is 42.3. The number of rotatable bonds is 16. The minimum Gasteiger partial charge on any atom is -0.298 e. The monoisotopic (exact) mass is 834 g/mol. The van der Waals surface area contributed by atoms with E-state index in [0.717, 1.165) is 22.3 Å². The van der Waals surface area contributed by atoms with Crippen molar-refractivity contribution in [2.75, 3.05) is 26.4 Å². The van der Waals surface area contributed by atoms with Gasteiger partial charge < -0.3 is 0 Å². The van der Waals surface area contributed by atoms with Crippen LogP contribution in [0.15, 0.2) is 117 Å². The maximum absolute atomic E-state index is 15.1. The van der Waals surface area contributed by atoms with Crippen molar-refractivity contribution in [1.82, 2.24) is 0 Å². The number of carbonyl (C=O) groups is 1. The summed E-state index contributed by atoms with van der Waals surface area (Å²) in [4.78, 5) is 14.1. The maximum atomic E-state index is 15.1. The summed E-state index contributed by atoms with van der Waals surface area (Å²) >= 11 is 0. The molecule has 0 atom stereocenters. The molecular formula is C38H42O13S4. The second kappa shape index (κ2) is 16.3. The zero-order valence-electron chi connectivity index (χ0n) is 30.6. The molecule has 0 amide bonds. The topological polar surface area (TPSA) is 191 Å². The Labute approximate surface area is 323 Å². The Morgan fingerprint density at radius 1 is 0.400 bits per heavy atom. The minimum absolute atomic E-state index is 0.0233. The Hall–Kier alpha value is -3.81. The lowest BCUT2D eigenvalue weighted by molar-refractivity contribution is -0.153. The summed E-state index contributed by atoms with van der Waals surface area (Å²) < 4.78 is 129. The van der Waals surface area contributed by atoms with Gasteiger partial charge in [-0.3, -0.25) is 21.5 Å². The third-order valence-corrected chi connectivity index (χ3v) is 14.6. The zero-order chi connectivity index (χ0) is 40.3. The minimum atomic E-state index is -4.55. The van der Waals surface area contributed by atoms with Crippen LogP contribution in [0.1, 0.15) is 41.5 Å². The van der Waals surface area contributed by atoms with Crippen LogP contribution in [-0.4, -0.2) is 65.9 Å². The molecule has 1 aliphatic rings. The van der Waals surface area contributed by atoms with E-state index in [9.17, 15) is 33.7 Å². The van der Waals surface area contributed by atoms with Gasteiger partial charge in [-0.15, -0.1) is 0 Å². The van der Waals surface area contributed by atoms with Crippen molar-refractivity contribution in [2.24, 2.45) is 10.8 Å². The number of aryl methyl sites for hydroxylation is 4. The number of Topliss-reactive ketones (excluding diaryl/α,β-unsaturated/α-hetero) is 1. The Bertz CT molecular complexity index is 2110. The normalized spacial score (nSPS) is 16.2. The Kier molecular flexibility index (Phi) is 12.6. The largest absolute Gasteiger partial charge is 0.298 e. The van der Waals surface area contributed by atoms with Gasteiger partial charge >= 0.3 is 0 Å². The first-order valence-electron chi connectivity index (χ1n) is 17.1. The van der Waals surface area contributed by atoms with Crippen molar-refractivity contribution in [3.63, 3.8) is 0 Å². The van der Waals surface area contributed by atoms with Crippen LogP contribution in [-0.2, 0) is 62.0 Å².